The zero-order valence-corrected chi connectivity index (χ0v) is 36.7. The summed E-state index contributed by atoms with van der Waals surface area (Å²) in [7, 11) is 0. The number of nitro benzene ring substituents is 1. The summed E-state index contributed by atoms with van der Waals surface area (Å²) >= 11 is 0. The van der Waals surface area contributed by atoms with E-state index >= 15 is 0 Å². The van der Waals surface area contributed by atoms with Crippen molar-refractivity contribution in [3.63, 3.8) is 0 Å². The van der Waals surface area contributed by atoms with Gasteiger partial charge in [-0.15, -0.1) is 12.3 Å². The van der Waals surface area contributed by atoms with Gasteiger partial charge in [0.1, 0.15) is 24.7 Å². The molecule has 22 nitrogen and oxygen atoms in total. The average molecular weight is 934 g/mol. The first-order valence-electron chi connectivity index (χ1n) is 21.7. The Kier molecular flexibility index (Phi) is 18.1. The number of hydrogen-bond donors (Lipinski definition) is 8. The van der Waals surface area contributed by atoms with Crippen molar-refractivity contribution in [3.05, 3.63) is 122 Å². The molecule has 2 aliphatic rings. The van der Waals surface area contributed by atoms with E-state index in [0.29, 0.717) is 31.2 Å². The van der Waals surface area contributed by atoms with E-state index in [9.17, 15) is 53.6 Å². The highest BCUT2D eigenvalue weighted by Crippen LogP contribution is 2.48. The molecule has 0 saturated heterocycles. The predicted molar refractivity (Wildman–Crippen MR) is 242 cm³/mol. The first kappa shape index (κ1) is 50.7. The van der Waals surface area contributed by atoms with Crippen molar-refractivity contribution in [2.75, 3.05) is 13.1 Å². The van der Waals surface area contributed by atoms with Gasteiger partial charge in [0.15, 0.2) is 0 Å². The number of rotatable bonds is 24. The standard InChI is InChI=1S/C46H51N11O11/c1-2-7-34(46(65)66)52-38(59)24-49-37(58)23-35(28-15-17-32(18-16-28)57(67)68)53-44(63)36(21-27-10-6-11-31(20-27)42(47)61)54-45(64)40-29-13-14-30(22-29)41(40)55-43(62)33(51-39(60)25-50-56-48)19-12-26-8-4-3-5-9-26/h1,3-6,8-11,15-18,20,29-30,33-36,40-41H,7,12-14,19,21-25H2,(H2,47,61)(H,49,58)(H,51,60)(H,52,59)(H,53,63)(H,54,64)(H,55,62)(H,65,66)/t29-,30+,33-,34?,35-,36-,40?,41?/m1/s1. The summed E-state index contributed by atoms with van der Waals surface area (Å²) in [4.78, 5) is 119. The molecule has 356 valence electrons. The van der Waals surface area contributed by atoms with Crippen molar-refractivity contribution in [2.45, 2.75) is 81.6 Å². The molecule has 68 heavy (non-hydrogen) atoms. The second-order valence-electron chi connectivity index (χ2n) is 16.5. The molecule has 0 heterocycles. The lowest BCUT2D eigenvalue weighted by Gasteiger charge is -2.33. The molecule has 22 heteroatoms. The van der Waals surface area contributed by atoms with Gasteiger partial charge in [-0.25, -0.2) is 4.79 Å². The number of nitrogens with one attached hydrogen (secondary N) is 6. The summed E-state index contributed by atoms with van der Waals surface area (Å²) in [5.74, 6) is -5.43. The van der Waals surface area contributed by atoms with Gasteiger partial charge in [-0.05, 0) is 78.3 Å². The Balaban J connectivity index is 1.39. The number of nitrogens with zero attached hydrogens (tertiary/aromatic N) is 4. The van der Waals surface area contributed by atoms with Crippen LogP contribution in [-0.4, -0.2) is 94.6 Å². The van der Waals surface area contributed by atoms with Gasteiger partial charge in [0.25, 0.3) is 5.69 Å². The molecule has 8 atom stereocenters. The zero-order chi connectivity index (χ0) is 49.3. The Morgan fingerprint density at radius 1 is 0.853 bits per heavy atom. The molecule has 2 fully saturated rings. The van der Waals surface area contributed by atoms with E-state index in [-0.39, 0.29) is 47.9 Å². The highest BCUT2D eigenvalue weighted by atomic mass is 16.6. The van der Waals surface area contributed by atoms with Gasteiger partial charge in [0, 0.05) is 41.5 Å². The summed E-state index contributed by atoms with van der Waals surface area (Å²) < 4.78 is 0. The Labute approximate surface area is 389 Å². The molecule has 0 aliphatic heterocycles. The number of carbonyl (C=O) groups excluding carboxylic acids is 7. The molecule has 3 aromatic carbocycles. The van der Waals surface area contributed by atoms with Crippen LogP contribution >= 0.6 is 0 Å². The maximum atomic E-state index is 14.6. The number of aliphatic carboxylic acids is 1. The van der Waals surface area contributed by atoms with E-state index in [4.69, 9.17) is 17.7 Å². The highest BCUT2D eigenvalue weighted by Gasteiger charge is 2.52. The number of hydrogen-bond acceptors (Lipinski definition) is 11. The van der Waals surface area contributed by atoms with E-state index in [1.165, 1.54) is 24.3 Å². The van der Waals surface area contributed by atoms with Crippen LogP contribution < -0.4 is 37.6 Å². The third kappa shape index (κ3) is 14.3. The molecule has 9 N–H and O–H groups in total. The van der Waals surface area contributed by atoms with Crippen molar-refractivity contribution >= 4 is 53.0 Å². The number of non-ortho nitro benzene ring substituents is 1. The number of primary amides is 1. The lowest BCUT2D eigenvalue weighted by atomic mass is 9.83. The van der Waals surface area contributed by atoms with Crippen LogP contribution in [0.15, 0.2) is 84.0 Å². The molecule has 0 radical (unpaired) electrons. The first-order valence-corrected chi connectivity index (χ1v) is 21.7. The predicted octanol–water partition coefficient (Wildman–Crippen LogP) is 1.64. The number of nitro groups is 1. The van der Waals surface area contributed by atoms with Gasteiger partial charge in [0.2, 0.25) is 41.4 Å². The lowest BCUT2D eigenvalue weighted by Crippen LogP contribution is -2.57. The van der Waals surface area contributed by atoms with E-state index in [2.05, 4.69) is 47.8 Å². The van der Waals surface area contributed by atoms with Crippen LogP contribution in [0.1, 0.15) is 71.6 Å². The molecule has 5 rings (SSSR count). The second-order valence-corrected chi connectivity index (χ2v) is 16.5. The smallest absolute Gasteiger partial charge is 0.327 e. The maximum Gasteiger partial charge on any atom is 0.327 e. The number of nitrogens with two attached hydrogens (primary N) is 1. The van der Waals surface area contributed by atoms with Crippen molar-refractivity contribution in [1.29, 1.82) is 0 Å². The minimum absolute atomic E-state index is 0.118. The van der Waals surface area contributed by atoms with E-state index in [0.717, 1.165) is 17.7 Å². The third-order valence-corrected chi connectivity index (χ3v) is 11.9. The number of carboxylic acid groups (broad SMARTS) is 1. The number of terminal acetylenes is 1. The topological polar surface area (TPSA) is 347 Å². The van der Waals surface area contributed by atoms with Gasteiger partial charge < -0.3 is 42.7 Å². The second kappa shape index (κ2) is 24.3. The summed E-state index contributed by atoms with van der Waals surface area (Å²) in [5, 5.41) is 39.9. The van der Waals surface area contributed by atoms with Gasteiger partial charge in [0.05, 0.1) is 29.8 Å². The Morgan fingerprint density at radius 2 is 1.54 bits per heavy atom. The quantitative estimate of drug-likeness (QED) is 0.0159. The molecule has 2 aliphatic carbocycles. The minimum atomic E-state index is -1.41. The highest BCUT2D eigenvalue weighted by molar-refractivity contribution is 5.94. The molecule has 3 unspecified atom stereocenters. The molecule has 0 spiro atoms. The van der Waals surface area contributed by atoms with Crippen LogP contribution in [0.3, 0.4) is 0 Å². The molecule has 0 aromatic heterocycles. The van der Waals surface area contributed by atoms with Crippen LogP contribution in [0, 0.1) is 40.2 Å². The number of carbonyl (C=O) groups is 8. The third-order valence-electron chi connectivity index (χ3n) is 11.9. The van der Waals surface area contributed by atoms with Crippen LogP contribution in [0.25, 0.3) is 10.4 Å². The van der Waals surface area contributed by atoms with E-state index in [1.54, 1.807) is 12.1 Å². The van der Waals surface area contributed by atoms with E-state index in [1.807, 2.05) is 30.3 Å². The first-order chi connectivity index (χ1) is 32.6. The number of azide groups is 1. The summed E-state index contributed by atoms with van der Waals surface area (Å²) in [6.07, 6.45) is 6.68. The van der Waals surface area contributed by atoms with Crippen LogP contribution in [-0.2, 0) is 46.4 Å². The average Bonchev–Trinajstić information content (AvgIpc) is 3.93. The van der Waals surface area contributed by atoms with Crippen LogP contribution in [0.5, 0.6) is 0 Å². The zero-order valence-electron chi connectivity index (χ0n) is 36.7. The normalized spacial score (nSPS) is 18.4. The van der Waals surface area contributed by atoms with Gasteiger partial charge in [-0.3, -0.25) is 43.7 Å². The fraction of sp³-hybridized carbons (Fsp3) is 0.391. The van der Waals surface area contributed by atoms with E-state index < -0.39 is 108 Å². The summed E-state index contributed by atoms with van der Waals surface area (Å²) in [5.41, 5.74) is 15.7. The van der Waals surface area contributed by atoms with Gasteiger partial charge >= 0.3 is 5.97 Å². The fourth-order valence-corrected chi connectivity index (χ4v) is 8.62. The maximum absolute atomic E-state index is 14.6. The largest absolute Gasteiger partial charge is 0.480 e. The molecule has 2 bridgehead atoms. The summed E-state index contributed by atoms with van der Waals surface area (Å²) in [6.45, 7) is -1.20. The Hall–Kier alpha value is -8.31. The van der Waals surface area contributed by atoms with Crippen LogP contribution in [0.2, 0.25) is 0 Å². The molecule has 7 amide bonds. The number of benzene rings is 3. The Bertz CT molecular complexity index is 2470. The monoisotopic (exact) mass is 933 g/mol. The lowest BCUT2D eigenvalue weighted by molar-refractivity contribution is -0.384. The van der Waals surface area contributed by atoms with Crippen molar-refractivity contribution in [3.8, 4) is 12.3 Å². The molecule has 3 aromatic rings. The summed E-state index contributed by atoms with van der Waals surface area (Å²) in [6, 6.07) is 14.5. The number of carboxylic acids is 1. The van der Waals surface area contributed by atoms with Crippen molar-refractivity contribution < 1.29 is 48.4 Å². The molecule has 2 saturated carbocycles. The van der Waals surface area contributed by atoms with Gasteiger partial charge in [-0.2, -0.15) is 0 Å². The molecular weight excluding hydrogens is 883 g/mol. The number of amides is 7. The van der Waals surface area contributed by atoms with Gasteiger partial charge in [-0.1, -0.05) is 59.7 Å². The fourth-order valence-electron chi connectivity index (χ4n) is 8.62. The molecular formula is C46H51N11O11. The number of aryl methyl sites for hydroxylation is 1. The SMILES string of the molecule is C#CCC(NC(=O)CNC(=O)C[C@@H](NC(=O)[C@@H](Cc1cccc(C(N)=O)c1)NC(=O)C1C(NC(=O)[C@@H](CCc2ccccc2)NC(=O)CN=[N+]=[N-])[C@H]2CC[C@@H]1C2)c1ccc([N+](=O)[O-])cc1)C(=O)O. The number of fused-ring (bicyclic) bond motifs is 2. The Morgan fingerprint density at radius 3 is 2.21 bits per heavy atom. The van der Waals surface area contributed by atoms with Crippen molar-refractivity contribution in [2.24, 2.45) is 28.6 Å². The van der Waals surface area contributed by atoms with Crippen molar-refractivity contribution in [1.82, 2.24) is 31.9 Å². The minimum Gasteiger partial charge on any atom is -0.480 e. The van der Waals surface area contributed by atoms with Crippen LogP contribution in [0.4, 0.5) is 5.69 Å².